The maximum absolute atomic E-state index is 13.9. The zero-order chi connectivity index (χ0) is 35.1. The molecular weight excluding hydrogens is 642 g/mol. The van der Waals surface area contributed by atoms with Crippen molar-refractivity contribution in [2.24, 2.45) is 24.8 Å². The van der Waals surface area contributed by atoms with Crippen molar-refractivity contribution in [1.29, 1.82) is 0 Å². The van der Waals surface area contributed by atoms with E-state index in [4.69, 9.17) is 14.5 Å². The van der Waals surface area contributed by atoms with Crippen LogP contribution in [-0.2, 0) is 18.3 Å². The van der Waals surface area contributed by atoms with Gasteiger partial charge in [0.25, 0.3) is 5.91 Å². The highest BCUT2D eigenvalue weighted by Crippen LogP contribution is 2.44. The van der Waals surface area contributed by atoms with Crippen molar-refractivity contribution in [2.45, 2.75) is 52.1 Å². The molecule has 10 nitrogen and oxygen atoms in total. The maximum Gasteiger partial charge on any atom is 0.343 e. The fourth-order valence-electron chi connectivity index (χ4n) is 8.66. The smallest absolute Gasteiger partial charge is 0.343 e. The van der Waals surface area contributed by atoms with E-state index in [2.05, 4.69) is 50.2 Å². The number of aromatic nitrogens is 4. The maximum atomic E-state index is 13.9. The molecule has 1 aliphatic heterocycles. The number of hydrogen-bond acceptors (Lipinski definition) is 6. The van der Waals surface area contributed by atoms with Gasteiger partial charge in [-0.25, -0.2) is 9.78 Å². The van der Waals surface area contributed by atoms with Gasteiger partial charge in [0.05, 0.1) is 24.9 Å². The first-order valence-corrected chi connectivity index (χ1v) is 18.1. The van der Waals surface area contributed by atoms with Gasteiger partial charge in [0.1, 0.15) is 16.8 Å². The Balaban J connectivity index is 1.13. The second-order valence-corrected chi connectivity index (χ2v) is 14.6. The number of H-pyrrole nitrogens is 1. The SMILES string of the molecule is CCOC(=O)c1c[nH]c2ccc(-c3ccc4cc(-c5nc6cc(C(=O)N7CC8CCC7[C@@H]8C)cc(OC)c6n5C)n(CC5CC5)c4c3)cc2c1=O. The van der Waals surface area contributed by atoms with Crippen molar-refractivity contribution < 1.29 is 19.1 Å². The minimum atomic E-state index is -0.631. The third kappa shape index (κ3) is 5.06. The number of benzene rings is 3. The number of pyridine rings is 1. The molecule has 3 fully saturated rings. The van der Waals surface area contributed by atoms with Crippen LogP contribution in [0.25, 0.3) is 55.5 Å². The first-order chi connectivity index (χ1) is 24.7. The molecular formula is C41H41N5O5. The second-order valence-electron chi connectivity index (χ2n) is 14.6. The molecule has 3 aliphatic rings. The predicted octanol–water partition coefficient (Wildman–Crippen LogP) is 7.17. The van der Waals surface area contributed by atoms with Crippen molar-refractivity contribution >= 4 is 44.7 Å². The number of hydrogen-bond donors (Lipinski definition) is 1. The number of ether oxygens (including phenoxy) is 2. The highest BCUT2D eigenvalue weighted by molar-refractivity contribution is 6.01. The van der Waals surface area contributed by atoms with Crippen LogP contribution in [0.5, 0.6) is 5.75 Å². The summed E-state index contributed by atoms with van der Waals surface area (Å²) in [7, 11) is 3.66. The Morgan fingerprint density at radius 1 is 1.00 bits per heavy atom. The summed E-state index contributed by atoms with van der Waals surface area (Å²) < 4.78 is 15.5. The molecule has 1 saturated heterocycles. The van der Waals surface area contributed by atoms with E-state index in [1.54, 1.807) is 14.0 Å². The molecule has 3 aromatic heterocycles. The Labute approximate surface area is 295 Å². The Morgan fingerprint density at radius 3 is 2.53 bits per heavy atom. The van der Waals surface area contributed by atoms with Gasteiger partial charge in [0.2, 0.25) is 5.43 Å². The lowest BCUT2D eigenvalue weighted by Gasteiger charge is -2.27. The summed E-state index contributed by atoms with van der Waals surface area (Å²) in [5, 5.41) is 1.52. The first-order valence-electron chi connectivity index (χ1n) is 18.1. The number of aryl methyl sites for hydroxylation is 1. The number of imidazole rings is 1. The normalized spacial score (nSPS) is 19.8. The number of methoxy groups -OCH3 is 1. The summed E-state index contributed by atoms with van der Waals surface area (Å²) >= 11 is 0. The second kappa shape index (κ2) is 11.9. The van der Waals surface area contributed by atoms with E-state index in [0.717, 1.165) is 64.1 Å². The molecule has 9 rings (SSSR count). The van der Waals surface area contributed by atoms with Crippen LogP contribution in [0, 0.1) is 17.8 Å². The van der Waals surface area contributed by atoms with Crippen LogP contribution in [0.4, 0.5) is 0 Å². The van der Waals surface area contributed by atoms with E-state index in [0.29, 0.717) is 46.0 Å². The van der Waals surface area contributed by atoms with Gasteiger partial charge < -0.3 is 28.5 Å². The van der Waals surface area contributed by atoms with Gasteiger partial charge >= 0.3 is 5.97 Å². The summed E-state index contributed by atoms with van der Waals surface area (Å²) in [6.07, 6.45) is 6.08. The molecule has 3 aromatic carbocycles. The number of carbonyl (C=O) groups is 2. The number of fused-ring (bicyclic) bond motifs is 5. The number of piperidine rings is 1. The summed E-state index contributed by atoms with van der Waals surface area (Å²) in [6, 6.07) is 18.4. The van der Waals surface area contributed by atoms with Crippen molar-refractivity contribution in [3.05, 3.63) is 82.1 Å². The number of nitrogens with zero attached hydrogens (tertiary/aromatic N) is 4. The van der Waals surface area contributed by atoms with Crippen LogP contribution in [0.15, 0.2) is 65.6 Å². The Hall–Kier alpha value is -5.38. The van der Waals surface area contributed by atoms with Crippen molar-refractivity contribution in [1.82, 2.24) is 24.0 Å². The number of rotatable bonds is 8. The third-order valence-electron chi connectivity index (χ3n) is 11.7. The van der Waals surface area contributed by atoms with E-state index in [1.165, 1.54) is 25.5 Å². The molecule has 51 heavy (non-hydrogen) atoms. The number of nitrogens with one attached hydrogen (secondary N) is 1. The third-order valence-corrected chi connectivity index (χ3v) is 11.7. The topological polar surface area (TPSA) is 111 Å². The molecule has 6 aromatic rings. The molecule has 260 valence electrons. The van der Waals surface area contributed by atoms with Crippen molar-refractivity contribution in [3.63, 3.8) is 0 Å². The monoisotopic (exact) mass is 683 g/mol. The molecule has 10 heteroatoms. The summed E-state index contributed by atoms with van der Waals surface area (Å²) in [5.74, 6) is 2.60. The van der Waals surface area contributed by atoms with Gasteiger partial charge in [-0.2, -0.15) is 0 Å². The number of aromatic amines is 1. The lowest BCUT2D eigenvalue weighted by Crippen LogP contribution is -2.38. The number of esters is 1. The van der Waals surface area contributed by atoms with Crippen molar-refractivity contribution in [2.75, 3.05) is 20.3 Å². The average molecular weight is 684 g/mol. The van der Waals surface area contributed by atoms with Crippen LogP contribution in [0.2, 0.25) is 0 Å². The molecule has 4 heterocycles. The molecule has 2 unspecified atom stereocenters. The van der Waals surface area contributed by atoms with E-state index in [9.17, 15) is 14.4 Å². The number of carbonyl (C=O) groups excluding carboxylic acids is 2. The zero-order valence-corrected chi connectivity index (χ0v) is 29.4. The van der Waals surface area contributed by atoms with Gasteiger partial charge in [0.15, 0.2) is 5.82 Å². The van der Waals surface area contributed by atoms with Gasteiger partial charge in [-0.1, -0.05) is 25.1 Å². The summed E-state index contributed by atoms with van der Waals surface area (Å²) in [4.78, 5) is 50.0. The lowest BCUT2D eigenvalue weighted by atomic mass is 10.0. The van der Waals surface area contributed by atoms with E-state index in [-0.39, 0.29) is 23.5 Å². The van der Waals surface area contributed by atoms with Crippen LogP contribution < -0.4 is 10.2 Å². The van der Waals surface area contributed by atoms with Crippen LogP contribution in [0.1, 0.15) is 60.2 Å². The highest BCUT2D eigenvalue weighted by atomic mass is 16.5. The molecule has 0 spiro atoms. The summed E-state index contributed by atoms with van der Waals surface area (Å²) in [5.41, 5.74) is 6.43. The van der Waals surface area contributed by atoms with E-state index in [1.807, 2.05) is 37.4 Å². The number of likely N-dealkylation sites (tertiary alicyclic amines) is 1. The van der Waals surface area contributed by atoms with Crippen molar-refractivity contribution in [3.8, 4) is 28.4 Å². The Morgan fingerprint density at radius 2 is 1.80 bits per heavy atom. The van der Waals surface area contributed by atoms with E-state index < -0.39 is 5.97 Å². The molecule has 1 amide bonds. The van der Waals surface area contributed by atoms with Crippen LogP contribution >= 0.6 is 0 Å². The Bertz CT molecular complexity index is 2470. The fourth-order valence-corrected chi connectivity index (χ4v) is 8.66. The molecule has 2 aliphatic carbocycles. The van der Waals surface area contributed by atoms with E-state index >= 15 is 0 Å². The Kier molecular flexibility index (Phi) is 7.34. The quantitative estimate of drug-likeness (QED) is 0.170. The van der Waals surface area contributed by atoms with Gasteiger partial charge in [0, 0.05) is 59.7 Å². The van der Waals surface area contributed by atoms with Crippen LogP contribution in [-0.4, -0.2) is 62.2 Å². The predicted molar refractivity (Wildman–Crippen MR) is 197 cm³/mol. The number of amides is 1. The summed E-state index contributed by atoms with van der Waals surface area (Å²) in [6.45, 7) is 5.88. The molecule has 3 atom stereocenters. The van der Waals surface area contributed by atoms with Gasteiger partial charge in [-0.15, -0.1) is 0 Å². The largest absolute Gasteiger partial charge is 0.494 e. The standard InChI is InChI=1S/C41H41N5O5/c1-5-51-41(49)30-19-42-31-12-10-24(14-29(31)38(30)47)25-8-9-26-17-35(45(34(26)16-25)20-23-6-7-23)39-43-32-15-28(18-36(50-4)37(32)44(39)3)40(48)46-21-27-11-13-33(46)22(27)2/h8-10,12,14-19,22-23,27,33H,5-7,11,13,20-21H2,1-4H3,(H,42,47)/t22-,27?,33?/m1/s1. The minimum Gasteiger partial charge on any atom is -0.494 e. The minimum absolute atomic E-state index is 0.00637. The lowest BCUT2D eigenvalue weighted by molar-refractivity contribution is 0.0524. The fraction of sp³-hybridized carbons (Fsp3) is 0.366. The molecule has 2 saturated carbocycles. The highest BCUT2D eigenvalue weighted by Gasteiger charge is 2.46. The molecule has 0 radical (unpaired) electrons. The van der Waals surface area contributed by atoms with Gasteiger partial charge in [-0.05, 0) is 97.9 Å². The van der Waals surface area contributed by atoms with Crippen LogP contribution in [0.3, 0.4) is 0 Å². The van der Waals surface area contributed by atoms with Gasteiger partial charge in [-0.3, -0.25) is 9.59 Å². The zero-order valence-electron chi connectivity index (χ0n) is 29.4. The average Bonchev–Trinajstić information content (AvgIpc) is 3.54. The first kappa shape index (κ1) is 31.6. The molecule has 1 N–H and O–H groups in total. The molecule has 2 bridgehead atoms.